The molecule has 0 aliphatic heterocycles. The minimum absolute atomic E-state index is 0.174. The number of nitrogens with one attached hydrogen (secondary N) is 1. The lowest BCUT2D eigenvalue weighted by atomic mass is 10.3. The molecule has 2 unspecified atom stereocenters. The zero-order valence-corrected chi connectivity index (χ0v) is 13.2. The van der Waals surface area contributed by atoms with Gasteiger partial charge >= 0.3 is 0 Å². The summed E-state index contributed by atoms with van der Waals surface area (Å²) in [4.78, 5) is 0. The molecule has 0 saturated carbocycles. The predicted molar refractivity (Wildman–Crippen MR) is 75.6 cm³/mol. The maximum Gasteiger partial charge on any atom is 0.0739 e. The van der Waals surface area contributed by atoms with Crippen molar-refractivity contribution in [3.8, 4) is 0 Å². The summed E-state index contributed by atoms with van der Waals surface area (Å²) < 4.78 is 14.3. The first-order chi connectivity index (χ1) is 7.97. The highest BCUT2D eigenvalue weighted by Gasteiger charge is 2.12. The van der Waals surface area contributed by atoms with Gasteiger partial charge in [0.2, 0.25) is 0 Å². The number of aromatic nitrogens is 2. The summed E-state index contributed by atoms with van der Waals surface area (Å²) in [5.74, 6) is 0. The van der Waals surface area contributed by atoms with E-state index in [4.69, 9.17) is 0 Å². The number of hydrogen-bond acceptors (Lipinski definition) is 3. The summed E-state index contributed by atoms with van der Waals surface area (Å²) in [6, 6.07) is 0. The molecule has 0 spiro atoms. The average Bonchev–Trinajstić information content (AvgIpc) is 2.56. The van der Waals surface area contributed by atoms with Gasteiger partial charge in [0.25, 0.3) is 0 Å². The Bertz CT molecular complexity index is 406. The number of hydrogen-bond donors (Lipinski definition) is 1. The fourth-order valence-electron chi connectivity index (χ4n) is 1.55. The summed E-state index contributed by atoms with van der Waals surface area (Å²) in [7, 11) is -0.772. The molecular weight excluding hydrogens is 302 g/mol. The Balaban J connectivity index is 2.60. The Labute approximate surface area is 114 Å². The summed E-state index contributed by atoms with van der Waals surface area (Å²) in [5.41, 5.74) is 2.16. The van der Waals surface area contributed by atoms with Crippen LogP contribution in [-0.2, 0) is 23.9 Å². The SMILES string of the molecule is CCn1nc(C)c(Br)c1CNCC(C)S(C)=O. The second kappa shape index (κ2) is 6.66. The minimum Gasteiger partial charge on any atom is -0.310 e. The molecule has 0 saturated heterocycles. The van der Waals surface area contributed by atoms with Gasteiger partial charge in [-0.05, 0) is 36.7 Å². The molecule has 0 radical (unpaired) electrons. The van der Waals surface area contributed by atoms with E-state index >= 15 is 0 Å². The van der Waals surface area contributed by atoms with E-state index in [1.165, 1.54) is 0 Å². The molecule has 98 valence electrons. The van der Waals surface area contributed by atoms with Crippen molar-refractivity contribution in [1.29, 1.82) is 0 Å². The molecular formula is C11H20BrN3OS. The van der Waals surface area contributed by atoms with E-state index in [-0.39, 0.29) is 5.25 Å². The summed E-state index contributed by atoms with van der Waals surface area (Å²) >= 11 is 3.55. The van der Waals surface area contributed by atoms with Crippen LogP contribution in [0.4, 0.5) is 0 Å². The molecule has 0 amide bonds. The lowest BCUT2D eigenvalue weighted by Crippen LogP contribution is -2.28. The molecule has 1 aromatic rings. The van der Waals surface area contributed by atoms with Gasteiger partial charge in [-0.1, -0.05) is 0 Å². The Morgan fingerprint density at radius 3 is 2.76 bits per heavy atom. The summed E-state index contributed by atoms with van der Waals surface area (Å²) in [6.07, 6.45) is 1.74. The number of nitrogens with zero attached hydrogens (tertiary/aromatic N) is 2. The first-order valence-corrected chi connectivity index (χ1v) is 8.13. The third kappa shape index (κ3) is 3.89. The van der Waals surface area contributed by atoms with Crippen LogP contribution in [0.5, 0.6) is 0 Å². The van der Waals surface area contributed by atoms with Gasteiger partial charge in [-0.15, -0.1) is 0 Å². The highest BCUT2D eigenvalue weighted by molar-refractivity contribution is 9.10. The zero-order chi connectivity index (χ0) is 13.0. The smallest absolute Gasteiger partial charge is 0.0739 e. The summed E-state index contributed by atoms with van der Waals surface area (Å²) in [6.45, 7) is 8.41. The van der Waals surface area contributed by atoms with Gasteiger partial charge in [-0.3, -0.25) is 8.89 Å². The normalized spacial score (nSPS) is 14.9. The third-order valence-electron chi connectivity index (χ3n) is 2.74. The lowest BCUT2D eigenvalue weighted by Gasteiger charge is -2.11. The van der Waals surface area contributed by atoms with Crippen LogP contribution < -0.4 is 5.32 Å². The Morgan fingerprint density at radius 1 is 1.59 bits per heavy atom. The monoisotopic (exact) mass is 321 g/mol. The highest BCUT2D eigenvalue weighted by Crippen LogP contribution is 2.20. The molecule has 1 heterocycles. The van der Waals surface area contributed by atoms with Gasteiger partial charge in [0.15, 0.2) is 0 Å². The van der Waals surface area contributed by atoms with Gasteiger partial charge in [0, 0.05) is 41.9 Å². The molecule has 0 fully saturated rings. The van der Waals surface area contributed by atoms with Crippen LogP contribution in [0, 0.1) is 6.92 Å². The number of halogens is 1. The lowest BCUT2D eigenvalue weighted by molar-refractivity contribution is 0.575. The second-order valence-corrected chi connectivity index (χ2v) is 6.70. The minimum atomic E-state index is -0.772. The molecule has 1 N–H and O–H groups in total. The molecule has 1 rings (SSSR count). The largest absolute Gasteiger partial charge is 0.310 e. The summed E-state index contributed by atoms with van der Waals surface area (Å²) in [5, 5.41) is 7.93. The van der Waals surface area contributed by atoms with Gasteiger partial charge < -0.3 is 5.32 Å². The molecule has 6 heteroatoms. The van der Waals surface area contributed by atoms with E-state index in [2.05, 4.69) is 33.3 Å². The van der Waals surface area contributed by atoms with Crippen LogP contribution in [0.3, 0.4) is 0 Å². The fourth-order valence-corrected chi connectivity index (χ4v) is 2.33. The van der Waals surface area contributed by atoms with Crippen molar-refractivity contribution >= 4 is 26.7 Å². The van der Waals surface area contributed by atoms with Crippen LogP contribution in [0.25, 0.3) is 0 Å². The molecule has 4 nitrogen and oxygen atoms in total. The second-order valence-electron chi connectivity index (χ2n) is 4.10. The number of rotatable bonds is 6. The Kier molecular flexibility index (Phi) is 5.82. The van der Waals surface area contributed by atoms with Crippen molar-refractivity contribution in [2.24, 2.45) is 0 Å². The van der Waals surface area contributed by atoms with Crippen LogP contribution in [0.1, 0.15) is 25.2 Å². The number of aryl methyl sites for hydroxylation is 2. The molecule has 0 aromatic carbocycles. The van der Waals surface area contributed by atoms with Gasteiger partial charge in [-0.2, -0.15) is 5.10 Å². The van der Waals surface area contributed by atoms with Gasteiger partial charge in [0.05, 0.1) is 15.9 Å². The maximum absolute atomic E-state index is 11.2. The highest BCUT2D eigenvalue weighted by atomic mass is 79.9. The van der Waals surface area contributed by atoms with Crippen molar-refractivity contribution in [3.05, 3.63) is 15.9 Å². The first kappa shape index (κ1) is 14.9. The molecule has 0 aliphatic rings. The fraction of sp³-hybridized carbons (Fsp3) is 0.727. The zero-order valence-electron chi connectivity index (χ0n) is 10.8. The molecule has 17 heavy (non-hydrogen) atoms. The Hall–Kier alpha value is -0.200. The van der Waals surface area contributed by atoms with E-state index in [9.17, 15) is 4.21 Å². The predicted octanol–water partition coefficient (Wildman–Crippen LogP) is 1.83. The van der Waals surface area contributed by atoms with Crippen molar-refractivity contribution in [3.63, 3.8) is 0 Å². The molecule has 0 bridgehead atoms. The first-order valence-electron chi connectivity index (χ1n) is 5.72. The van der Waals surface area contributed by atoms with Crippen molar-refractivity contribution in [1.82, 2.24) is 15.1 Å². The van der Waals surface area contributed by atoms with Crippen molar-refractivity contribution in [2.45, 2.75) is 39.1 Å². The quantitative estimate of drug-likeness (QED) is 0.869. The molecule has 1 aromatic heterocycles. The van der Waals surface area contributed by atoms with Crippen LogP contribution >= 0.6 is 15.9 Å². The van der Waals surface area contributed by atoms with E-state index < -0.39 is 10.8 Å². The Morgan fingerprint density at radius 2 is 2.24 bits per heavy atom. The van der Waals surface area contributed by atoms with Crippen molar-refractivity contribution in [2.75, 3.05) is 12.8 Å². The van der Waals surface area contributed by atoms with Crippen LogP contribution in [0.2, 0.25) is 0 Å². The topological polar surface area (TPSA) is 46.9 Å². The van der Waals surface area contributed by atoms with Gasteiger partial charge in [0.1, 0.15) is 0 Å². The van der Waals surface area contributed by atoms with Crippen molar-refractivity contribution < 1.29 is 4.21 Å². The maximum atomic E-state index is 11.2. The van der Waals surface area contributed by atoms with E-state index in [0.29, 0.717) is 0 Å². The van der Waals surface area contributed by atoms with E-state index in [0.717, 1.165) is 35.5 Å². The van der Waals surface area contributed by atoms with E-state index in [1.54, 1.807) is 6.26 Å². The van der Waals surface area contributed by atoms with Crippen LogP contribution in [0.15, 0.2) is 4.47 Å². The standard InChI is InChI=1S/C11H20BrN3OS/c1-5-15-10(11(12)9(3)14-15)7-13-6-8(2)17(4)16/h8,13H,5-7H2,1-4H3. The third-order valence-corrected chi connectivity index (χ3v) is 5.08. The van der Waals surface area contributed by atoms with Crippen LogP contribution in [-0.4, -0.2) is 32.0 Å². The van der Waals surface area contributed by atoms with E-state index in [1.807, 2.05) is 18.5 Å². The average molecular weight is 322 g/mol. The molecule has 0 aliphatic carbocycles. The van der Waals surface area contributed by atoms with Gasteiger partial charge in [-0.25, -0.2) is 0 Å². The molecule has 2 atom stereocenters.